The molecular weight excluding hydrogens is 368 g/mol. The molecular formula is C19H17ClN4OS. The topological polar surface area (TPSA) is 59.3 Å². The predicted octanol–water partition coefficient (Wildman–Crippen LogP) is 4.08. The maximum absolute atomic E-state index is 11.9. The van der Waals surface area contributed by atoms with Gasteiger partial charge in [-0.3, -0.25) is 4.79 Å². The third-order valence-electron chi connectivity index (χ3n) is 3.61. The maximum Gasteiger partial charge on any atom is 0.250 e. The Kier molecular flexibility index (Phi) is 6.09. The Hall–Kier alpha value is -2.57. The first kappa shape index (κ1) is 18.2. The predicted molar refractivity (Wildman–Crippen MR) is 106 cm³/mol. The number of carbonyl (C=O) groups excluding carboxylic acids is 1. The molecule has 0 unspecified atom stereocenters. The van der Waals surface area contributed by atoms with Crippen LogP contribution in [0.2, 0.25) is 5.15 Å². The molecule has 1 aromatic heterocycles. The molecule has 2 aromatic carbocycles. The van der Waals surface area contributed by atoms with Crippen molar-refractivity contribution in [3.63, 3.8) is 0 Å². The zero-order chi connectivity index (χ0) is 18.4. The van der Waals surface area contributed by atoms with Crippen molar-refractivity contribution in [3.05, 3.63) is 77.1 Å². The van der Waals surface area contributed by atoms with Crippen LogP contribution in [0, 0.1) is 6.92 Å². The highest BCUT2D eigenvalue weighted by atomic mass is 35.5. The van der Waals surface area contributed by atoms with Crippen molar-refractivity contribution in [3.8, 4) is 5.69 Å². The number of aromatic nitrogens is 2. The molecule has 0 atom stereocenters. The average Bonchev–Trinajstić information content (AvgIpc) is 2.96. The molecule has 1 amide bonds. The van der Waals surface area contributed by atoms with Crippen molar-refractivity contribution < 1.29 is 4.79 Å². The number of carbonyl (C=O) groups is 1. The molecule has 3 rings (SSSR count). The Balaban J connectivity index is 1.62. The number of nitrogens with zero attached hydrogens (tertiary/aromatic N) is 3. The number of nitrogens with one attached hydrogen (secondary N) is 1. The lowest BCUT2D eigenvalue weighted by Gasteiger charge is -2.03. The van der Waals surface area contributed by atoms with E-state index in [9.17, 15) is 4.79 Å². The monoisotopic (exact) mass is 384 g/mol. The van der Waals surface area contributed by atoms with Crippen molar-refractivity contribution in [1.82, 2.24) is 15.2 Å². The SMILES string of the molecule is Cc1c(/C=N\NC(=O)CSc2ccccc2)c(Cl)nn1-c1ccccc1. The Morgan fingerprint density at radius 3 is 2.54 bits per heavy atom. The van der Waals surface area contributed by atoms with Crippen molar-refractivity contribution in [2.75, 3.05) is 5.75 Å². The summed E-state index contributed by atoms with van der Waals surface area (Å²) in [5, 5.41) is 8.67. The summed E-state index contributed by atoms with van der Waals surface area (Å²) in [4.78, 5) is 12.9. The van der Waals surface area contributed by atoms with Gasteiger partial charge in [-0.05, 0) is 31.2 Å². The molecule has 0 aliphatic heterocycles. The van der Waals surface area contributed by atoms with Crippen LogP contribution in [0.15, 0.2) is 70.7 Å². The van der Waals surface area contributed by atoms with Gasteiger partial charge in [0.25, 0.3) is 0 Å². The molecule has 1 heterocycles. The van der Waals surface area contributed by atoms with Gasteiger partial charge < -0.3 is 0 Å². The van der Waals surface area contributed by atoms with Crippen LogP contribution in [0.3, 0.4) is 0 Å². The molecule has 0 saturated heterocycles. The highest BCUT2D eigenvalue weighted by Crippen LogP contribution is 2.20. The third kappa shape index (κ3) is 4.53. The molecule has 26 heavy (non-hydrogen) atoms. The zero-order valence-corrected chi connectivity index (χ0v) is 15.7. The van der Waals surface area contributed by atoms with E-state index in [1.54, 1.807) is 4.68 Å². The van der Waals surface area contributed by atoms with E-state index in [1.807, 2.05) is 67.6 Å². The van der Waals surface area contributed by atoms with E-state index >= 15 is 0 Å². The minimum atomic E-state index is -0.181. The number of hydrogen-bond acceptors (Lipinski definition) is 4. The van der Waals surface area contributed by atoms with Gasteiger partial charge >= 0.3 is 0 Å². The van der Waals surface area contributed by atoms with Gasteiger partial charge in [0.1, 0.15) is 0 Å². The molecule has 0 spiro atoms. The fourth-order valence-electron chi connectivity index (χ4n) is 2.31. The van der Waals surface area contributed by atoms with Crippen LogP contribution in [0.5, 0.6) is 0 Å². The Morgan fingerprint density at radius 2 is 1.85 bits per heavy atom. The van der Waals surface area contributed by atoms with E-state index in [0.29, 0.717) is 10.7 Å². The number of hydrogen-bond donors (Lipinski definition) is 1. The number of hydrazone groups is 1. The van der Waals surface area contributed by atoms with Gasteiger partial charge in [0.2, 0.25) is 5.91 Å². The second kappa shape index (κ2) is 8.69. The number of halogens is 1. The molecule has 7 heteroatoms. The van der Waals surface area contributed by atoms with Gasteiger partial charge in [0.05, 0.1) is 28.9 Å². The van der Waals surface area contributed by atoms with E-state index in [-0.39, 0.29) is 11.7 Å². The largest absolute Gasteiger partial charge is 0.272 e. The molecule has 3 aromatic rings. The van der Waals surface area contributed by atoms with Crippen molar-refractivity contribution >= 4 is 35.5 Å². The first-order valence-electron chi connectivity index (χ1n) is 7.95. The molecule has 0 bridgehead atoms. The summed E-state index contributed by atoms with van der Waals surface area (Å²) in [6.45, 7) is 1.90. The van der Waals surface area contributed by atoms with Gasteiger partial charge in [-0.2, -0.15) is 10.2 Å². The normalized spacial score (nSPS) is 11.0. The summed E-state index contributed by atoms with van der Waals surface area (Å²) in [5.41, 5.74) is 4.95. The van der Waals surface area contributed by atoms with Crippen LogP contribution in [0.4, 0.5) is 0 Å². The Labute approximate surface area is 161 Å². The third-order valence-corrected chi connectivity index (χ3v) is 4.91. The summed E-state index contributed by atoms with van der Waals surface area (Å²) in [5.74, 6) is 0.108. The first-order valence-corrected chi connectivity index (χ1v) is 9.32. The molecule has 0 saturated carbocycles. The molecule has 0 aliphatic carbocycles. The highest BCUT2D eigenvalue weighted by molar-refractivity contribution is 8.00. The Morgan fingerprint density at radius 1 is 1.19 bits per heavy atom. The van der Waals surface area contributed by atoms with Gasteiger partial charge in [-0.25, -0.2) is 10.1 Å². The summed E-state index contributed by atoms with van der Waals surface area (Å²) in [7, 11) is 0. The summed E-state index contributed by atoms with van der Waals surface area (Å²) in [6, 6.07) is 19.4. The van der Waals surface area contributed by atoms with Gasteiger partial charge in [-0.1, -0.05) is 48.0 Å². The van der Waals surface area contributed by atoms with Crippen LogP contribution in [-0.4, -0.2) is 27.7 Å². The quantitative estimate of drug-likeness (QED) is 0.396. The van der Waals surface area contributed by atoms with Crippen molar-refractivity contribution in [1.29, 1.82) is 0 Å². The number of thioether (sulfide) groups is 1. The fraction of sp³-hybridized carbons (Fsp3) is 0.105. The smallest absolute Gasteiger partial charge is 0.250 e. The molecule has 0 aliphatic rings. The molecule has 132 valence electrons. The lowest BCUT2D eigenvalue weighted by molar-refractivity contribution is -0.118. The minimum absolute atomic E-state index is 0.181. The van der Waals surface area contributed by atoms with Gasteiger partial charge in [-0.15, -0.1) is 11.8 Å². The fourth-order valence-corrected chi connectivity index (χ4v) is 3.29. The first-order chi connectivity index (χ1) is 12.6. The molecule has 0 radical (unpaired) electrons. The minimum Gasteiger partial charge on any atom is -0.272 e. The lowest BCUT2D eigenvalue weighted by Crippen LogP contribution is -2.19. The molecule has 5 nitrogen and oxygen atoms in total. The number of amides is 1. The van der Waals surface area contributed by atoms with Crippen LogP contribution in [0.1, 0.15) is 11.3 Å². The lowest BCUT2D eigenvalue weighted by atomic mass is 10.2. The van der Waals surface area contributed by atoms with Crippen molar-refractivity contribution in [2.45, 2.75) is 11.8 Å². The van der Waals surface area contributed by atoms with E-state index in [4.69, 9.17) is 11.6 Å². The van der Waals surface area contributed by atoms with Crippen LogP contribution in [-0.2, 0) is 4.79 Å². The van der Waals surface area contributed by atoms with Gasteiger partial charge in [0, 0.05) is 4.90 Å². The second-order valence-electron chi connectivity index (χ2n) is 5.43. The standard InChI is InChI=1S/C19H17ClN4OS/c1-14-17(19(20)23-24(14)15-8-4-2-5-9-15)12-21-22-18(25)13-26-16-10-6-3-7-11-16/h2-12H,13H2,1H3,(H,22,25)/b21-12-. The number of rotatable bonds is 6. The molecule has 1 N–H and O–H groups in total. The molecule has 0 fully saturated rings. The van der Waals surface area contributed by atoms with Crippen molar-refractivity contribution in [2.24, 2.45) is 5.10 Å². The van der Waals surface area contributed by atoms with E-state index in [1.165, 1.54) is 18.0 Å². The van der Waals surface area contributed by atoms with Crippen LogP contribution < -0.4 is 5.43 Å². The van der Waals surface area contributed by atoms with E-state index < -0.39 is 0 Å². The Bertz CT molecular complexity index is 910. The average molecular weight is 385 g/mol. The van der Waals surface area contributed by atoms with E-state index in [2.05, 4.69) is 15.6 Å². The zero-order valence-electron chi connectivity index (χ0n) is 14.1. The van der Waals surface area contributed by atoms with Gasteiger partial charge in [0.15, 0.2) is 5.15 Å². The van der Waals surface area contributed by atoms with E-state index in [0.717, 1.165) is 16.3 Å². The summed E-state index contributed by atoms with van der Waals surface area (Å²) < 4.78 is 1.75. The maximum atomic E-state index is 11.9. The number of para-hydroxylation sites is 1. The highest BCUT2D eigenvalue weighted by Gasteiger charge is 2.12. The second-order valence-corrected chi connectivity index (χ2v) is 6.84. The number of benzene rings is 2. The summed E-state index contributed by atoms with van der Waals surface area (Å²) in [6.07, 6.45) is 1.52. The summed E-state index contributed by atoms with van der Waals surface area (Å²) >= 11 is 7.67. The van der Waals surface area contributed by atoms with Crippen LogP contribution >= 0.6 is 23.4 Å². The van der Waals surface area contributed by atoms with Crippen LogP contribution in [0.25, 0.3) is 5.69 Å².